The number of halogens is 1. The summed E-state index contributed by atoms with van der Waals surface area (Å²) < 4.78 is 13.1. The fourth-order valence-electron chi connectivity index (χ4n) is 1.45. The molecule has 0 bridgehead atoms. The lowest BCUT2D eigenvalue weighted by atomic mass is 10.0. The first-order valence-electron chi connectivity index (χ1n) is 4.70. The van der Waals surface area contributed by atoms with Gasteiger partial charge in [-0.05, 0) is 35.4 Å². The highest BCUT2D eigenvalue weighted by Gasteiger charge is 2.04. The Bertz CT molecular complexity index is 572. The summed E-state index contributed by atoms with van der Waals surface area (Å²) in [5, 5.41) is 17.8. The highest BCUT2D eigenvalue weighted by molar-refractivity contribution is 5.65. The summed E-state index contributed by atoms with van der Waals surface area (Å²) in [6.45, 7) is 0. The first-order chi connectivity index (χ1) is 7.70. The zero-order chi connectivity index (χ0) is 11.5. The molecule has 0 spiro atoms. The second-order valence-electron chi connectivity index (χ2n) is 3.36. The average Bonchev–Trinajstić information content (AvgIpc) is 2.33. The standard InChI is InChI=1S/C13H8FNO/c14-12-7-11(4-5-13(12)16)10-3-1-2-9(6-10)8-15/h1-7,16H. The van der Waals surface area contributed by atoms with E-state index in [9.17, 15) is 4.39 Å². The van der Waals surface area contributed by atoms with Gasteiger partial charge in [0.25, 0.3) is 0 Å². The molecule has 0 heterocycles. The molecule has 0 radical (unpaired) electrons. The second kappa shape index (κ2) is 4.03. The van der Waals surface area contributed by atoms with Crippen LogP contribution in [0.5, 0.6) is 5.75 Å². The van der Waals surface area contributed by atoms with E-state index in [2.05, 4.69) is 0 Å². The van der Waals surface area contributed by atoms with Gasteiger partial charge in [0.2, 0.25) is 0 Å². The van der Waals surface area contributed by atoms with Crippen LogP contribution in [0.4, 0.5) is 4.39 Å². The summed E-state index contributed by atoms with van der Waals surface area (Å²) in [4.78, 5) is 0. The summed E-state index contributed by atoms with van der Waals surface area (Å²) in [5.74, 6) is -1.04. The Hall–Kier alpha value is -2.34. The predicted molar refractivity (Wildman–Crippen MR) is 58.2 cm³/mol. The van der Waals surface area contributed by atoms with Crippen LogP contribution in [0.15, 0.2) is 42.5 Å². The number of phenols is 1. The van der Waals surface area contributed by atoms with E-state index in [0.717, 1.165) is 5.56 Å². The third-order valence-electron chi connectivity index (χ3n) is 2.27. The lowest BCUT2D eigenvalue weighted by molar-refractivity contribution is 0.432. The van der Waals surface area contributed by atoms with Gasteiger partial charge in [0.05, 0.1) is 11.6 Å². The van der Waals surface area contributed by atoms with Gasteiger partial charge in [-0.15, -0.1) is 0 Å². The molecule has 2 rings (SSSR count). The summed E-state index contributed by atoms with van der Waals surface area (Å²) in [6, 6.07) is 13.0. The number of rotatable bonds is 1. The molecule has 0 amide bonds. The first-order valence-corrected chi connectivity index (χ1v) is 4.70. The Morgan fingerprint density at radius 3 is 2.50 bits per heavy atom. The normalized spacial score (nSPS) is 9.75. The molecule has 1 N–H and O–H groups in total. The lowest BCUT2D eigenvalue weighted by Crippen LogP contribution is -1.82. The maximum Gasteiger partial charge on any atom is 0.165 e. The molecule has 78 valence electrons. The number of phenolic OH excluding ortho intramolecular Hbond substituents is 1. The Labute approximate surface area is 92.2 Å². The predicted octanol–water partition coefficient (Wildman–Crippen LogP) is 3.07. The third-order valence-corrected chi connectivity index (χ3v) is 2.27. The molecule has 0 aliphatic carbocycles. The van der Waals surface area contributed by atoms with Crippen molar-refractivity contribution in [3.05, 3.63) is 53.8 Å². The molecule has 2 aromatic carbocycles. The molecule has 0 aliphatic rings. The molecule has 2 nitrogen and oxygen atoms in total. The molecular formula is C13H8FNO. The van der Waals surface area contributed by atoms with Gasteiger partial charge in [0, 0.05) is 0 Å². The molecule has 0 fully saturated rings. The number of nitriles is 1. The van der Waals surface area contributed by atoms with Crippen molar-refractivity contribution in [1.29, 1.82) is 5.26 Å². The SMILES string of the molecule is N#Cc1cccc(-c2ccc(O)c(F)c2)c1. The Kier molecular flexibility index (Phi) is 2.57. The molecule has 0 aromatic heterocycles. The van der Waals surface area contributed by atoms with Crippen molar-refractivity contribution in [3.8, 4) is 22.9 Å². The molecule has 0 aliphatic heterocycles. The van der Waals surface area contributed by atoms with Crippen LogP contribution in [0.3, 0.4) is 0 Å². The van der Waals surface area contributed by atoms with Gasteiger partial charge in [-0.2, -0.15) is 5.26 Å². The van der Waals surface area contributed by atoms with Crippen molar-refractivity contribution in [3.63, 3.8) is 0 Å². The molecule has 2 aromatic rings. The molecule has 0 unspecified atom stereocenters. The van der Waals surface area contributed by atoms with Crippen LogP contribution < -0.4 is 0 Å². The number of benzene rings is 2. The third kappa shape index (κ3) is 1.86. The number of aromatic hydroxyl groups is 1. The number of hydrogen-bond acceptors (Lipinski definition) is 2. The summed E-state index contributed by atoms with van der Waals surface area (Å²) in [6.07, 6.45) is 0. The van der Waals surface area contributed by atoms with Crippen LogP contribution in [0, 0.1) is 17.1 Å². The average molecular weight is 213 g/mol. The maximum atomic E-state index is 13.1. The molecule has 0 atom stereocenters. The minimum atomic E-state index is -0.667. The van der Waals surface area contributed by atoms with Crippen molar-refractivity contribution >= 4 is 0 Å². The van der Waals surface area contributed by atoms with Gasteiger partial charge in [0.15, 0.2) is 11.6 Å². The van der Waals surface area contributed by atoms with Crippen LogP contribution >= 0.6 is 0 Å². The Balaban J connectivity index is 2.51. The van der Waals surface area contributed by atoms with Gasteiger partial charge >= 0.3 is 0 Å². The van der Waals surface area contributed by atoms with Crippen molar-refractivity contribution in [2.75, 3.05) is 0 Å². The van der Waals surface area contributed by atoms with E-state index in [1.54, 1.807) is 30.3 Å². The summed E-state index contributed by atoms with van der Waals surface area (Å²) in [7, 11) is 0. The summed E-state index contributed by atoms with van der Waals surface area (Å²) in [5.41, 5.74) is 1.90. The largest absolute Gasteiger partial charge is 0.505 e. The van der Waals surface area contributed by atoms with E-state index >= 15 is 0 Å². The van der Waals surface area contributed by atoms with E-state index in [4.69, 9.17) is 10.4 Å². The van der Waals surface area contributed by atoms with E-state index in [-0.39, 0.29) is 5.75 Å². The fourth-order valence-corrected chi connectivity index (χ4v) is 1.45. The Morgan fingerprint density at radius 1 is 1.06 bits per heavy atom. The number of hydrogen-bond donors (Lipinski definition) is 1. The quantitative estimate of drug-likeness (QED) is 0.791. The molecule has 0 saturated heterocycles. The van der Waals surface area contributed by atoms with Crippen LogP contribution in [-0.2, 0) is 0 Å². The van der Waals surface area contributed by atoms with Crippen LogP contribution in [-0.4, -0.2) is 5.11 Å². The Morgan fingerprint density at radius 2 is 1.81 bits per heavy atom. The first kappa shape index (κ1) is 10.2. The van der Waals surface area contributed by atoms with Crippen molar-refractivity contribution in [2.24, 2.45) is 0 Å². The zero-order valence-electron chi connectivity index (χ0n) is 8.31. The van der Waals surface area contributed by atoms with Crippen LogP contribution in [0.1, 0.15) is 5.56 Å². The highest BCUT2D eigenvalue weighted by Crippen LogP contribution is 2.25. The van der Waals surface area contributed by atoms with Gasteiger partial charge < -0.3 is 5.11 Å². The van der Waals surface area contributed by atoms with Crippen molar-refractivity contribution < 1.29 is 9.50 Å². The zero-order valence-corrected chi connectivity index (χ0v) is 8.31. The van der Waals surface area contributed by atoms with Gasteiger partial charge in [-0.1, -0.05) is 18.2 Å². The monoisotopic (exact) mass is 213 g/mol. The minimum absolute atomic E-state index is 0.375. The van der Waals surface area contributed by atoms with Gasteiger partial charge in [-0.3, -0.25) is 0 Å². The van der Waals surface area contributed by atoms with Crippen LogP contribution in [0.25, 0.3) is 11.1 Å². The fraction of sp³-hybridized carbons (Fsp3) is 0. The molecule has 16 heavy (non-hydrogen) atoms. The van der Waals surface area contributed by atoms with Crippen LogP contribution in [0.2, 0.25) is 0 Å². The topological polar surface area (TPSA) is 44.0 Å². The summed E-state index contributed by atoms with van der Waals surface area (Å²) >= 11 is 0. The number of nitrogens with zero attached hydrogens (tertiary/aromatic N) is 1. The molecule has 0 saturated carbocycles. The minimum Gasteiger partial charge on any atom is -0.505 e. The van der Waals surface area contributed by atoms with Gasteiger partial charge in [-0.25, -0.2) is 4.39 Å². The van der Waals surface area contributed by atoms with E-state index in [0.29, 0.717) is 11.1 Å². The maximum absolute atomic E-state index is 13.1. The van der Waals surface area contributed by atoms with E-state index in [1.807, 2.05) is 6.07 Å². The smallest absolute Gasteiger partial charge is 0.165 e. The van der Waals surface area contributed by atoms with Crippen molar-refractivity contribution in [2.45, 2.75) is 0 Å². The molecular weight excluding hydrogens is 205 g/mol. The van der Waals surface area contributed by atoms with Crippen molar-refractivity contribution in [1.82, 2.24) is 0 Å². The second-order valence-corrected chi connectivity index (χ2v) is 3.36. The van der Waals surface area contributed by atoms with Gasteiger partial charge in [0.1, 0.15) is 0 Å². The van der Waals surface area contributed by atoms with E-state index in [1.165, 1.54) is 12.1 Å². The van der Waals surface area contributed by atoms with E-state index < -0.39 is 5.82 Å². The molecule has 3 heteroatoms. The lowest BCUT2D eigenvalue weighted by Gasteiger charge is -2.03. The highest BCUT2D eigenvalue weighted by atomic mass is 19.1.